The van der Waals surface area contributed by atoms with Gasteiger partial charge in [-0.1, -0.05) is 0 Å². The average molecular weight is 276 g/mol. The van der Waals surface area contributed by atoms with Crippen LogP contribution in [0.25, 0.3) is 11.0 Å². The Morgan fingerprint density at radius 1 is 1.25 bits per heavy atom. The first-order valence-electron chi connectivity index (χ1n) is 6.25. The largest absolute Gasteiger partial charge is 0.479 e. The molecule has 0 aliphatic carbocycles. The van der Waals surface area contributed by atoms with Crippen molar-refractivity contribution in [1.29, 1.82) is 0 Å². The van der Waals surface area contributed by atoms with Crippen LogP contribution in [-0.2, 0) is 4.79 Å². The summed E-state index contributed by atoms with van der Waals surface area (Å²) in [6, 6.07) is 3.48. The van der Waals surface area contributed by atoms with Crippen LogP contribution < -0.4 is 10.4 Å². The molecule has 20 heavy (non-hydrogen) atoms. The third-order valence-electron chi connectivity index (χ3n) is 3.31. The summed E-state index contributed by atoms with van der Waals surface area (Å²) < 4.78 is 10.7. The molecule has 0 radical (unpaired) electrons. The van der Waals surface area contributed by atoms with Crippen molar-refractivity contribution < 1.29 is 19.1 Å². The lowest BCUT2D eigenvalue weighted by Gasteiger charge is -2.15. The maximum Gasteiger partial charge on any atom is 0.344 e. The summed E-state index contributed by atoms with van der Waals surface area (Å²) in [5, 5.41) is 9.59. The molecule has 0 aliphatic heterocycles. The molecule has 1 aromatic heterocycles. The summed E-state index contributed by atoms with van der Waals surface area (Å²) in [6.45, 7) is 6.75. The molecule has 0 bridgehead atoms. The molecule has 1 atom stereocenters. The summed E-state index contributed by atoms with van der Waals surface area (Å²) in [4.78, 5) is 22.6. The number of ether oxygens (including phenoxy) is 1. The minimum atomic E-state index is -1.05. The van der Waals surface area contributed by atoms with E-state index in [0.717, 1.165) is 11.1 Å². The van der Waals surface area contributed by atoms with Gasteiger partial charge in [0.2, 0.25) is 0 Å². The van der Waals surface area contributed by atoms with Crippen LogP contribution in [0.1, 0.15) is 23.6 Å². The van der Waals surface area contributed by atoms with Crippen LogP contribution in [0.3, 0.4) is 0 Å². The van der Waals surface area contributed by atoms with Crippen LogP contribution in [0.5, 0.6) is 5.75 Å². The van der Waals surface area contributed by atoms with Crippen LogP contribution in [0.15, 0.2) is 21.3 Å². The summed E-state index contributed by atoms with van der Waals surface area (Å²) >= 11 is 0. The highest BCUT2D eigenvalue weighted by Crippen LogP contribution is 2.31. The van der Waals surface area contributed by atoms with Gasteiger partial charge in [0.05, 0.1) is 5.39 Å². The molecular weight excluding hydrogens is 260 g/mol. The van der Waals surface area contributed by atoms with Gasteiger partial charge in [0.25, 0.3) is 0 Å². The third kappa shape index (κ3) is 2.39. The number of carbonyl (C=O) groups is 1. The molecule has 0 spiro atoms. The SMILES string of the molecule is Cc1cc(O[C@H](C)C(=O)O)c2c(C)c(C)c(=O)oc2c1. The molecule has 0 fully saturated rings. The van der Waals surface area contributed by atoms with E-state index >= 15 is 0 Å². The van der Waals surface area contributed by atoms with Gasteiger partial charge in [-0.15, -0.1) is 0 Å². The molecule has 1 N–H and O–H groups in total. The highest BCUT2D eigenvalue weighted by atomic mass is 16.5. The second kappa shape index (κ2) is 5.00. The number of hydrogen-bond donors (Lipinski definition) is 1. The molecule has 5 nitrogen and oxygen atoms in total. The highest BCUT2D eigenvalue weighted by Gasteiger charge is 2.18. The van der Waals surface area contributed by atoms with E-state index in [4.69, 9.17) is 14.3 Å². The van der Waals surface area contributed by atoms with Crippen LogP contribution in [0.2, 0.25) is 0 Å². The average Bonchev–Trinajstić information content (AvgIpc) is 2.35. The van der Waals surface area contributed by atoms with Crippen molar-refractivity contribution in [1.82, 2.24) is 0 Å². The van der Waals surface area contributed by atoms with E-state index < -0.39 is 17.7 Å². The zero-order chi connectivity index (χ0) is 15.0. The maximum atomic E-state index is 11.7. The summed E-state index contributed by atoms with van der Waals surface area (Å²) in [5.41, 5.74) is 2.08. The number of fused-ring (bicyclic) bond motifs is 1. The number of carboxylic acid groups (broad SMARTS) is 1. The van der Waals surface area contributed by atoms with Gasteiger partial charge in [0.1, 0.15) is 11.3 Å². The smallest absolute Gasteiger partial charge is 0.344 e. The van der Waals surface area contributed by atoms with Gasteiger partial charge in [-0.3, -0.25) is 0 Å². The Labute approximate surface area is 115 Å². The lowest BCUT2D eigenvalue weighted by molar-refractivity contribution is -0.144. The molecule has 0 saturated carbocycles. The molecule has 0 amide bonds. The van der Waals surface area contributed by atoms with E-state index in [0.29, 0.717) is 22.3 Å². The molecular formula is C15H16O5. The summed E-state index contributed by atoms with van der Waals surface area (Å²) in [6.07, 6.45) is -0.980. The van der Waals surface area contributed by atoms with Crippen LogP contribution >= 0.6 is 0 Å². The molecule has 1 aromatic carbocycles. The molecule has 5 heteroatoms. The Hall–Kier alpha value is -2.30. The molecule has 106 valence electrons. The van der Waals surface area contributed by atoms with E-state index in [2.05, 4.69) is 0 Å². The number of hydrogen-bond acceptors (Lipinski definition) is 4. The minimum Gasteiger partial charge on any atom is -0.479 e. The fourth-order valence-corrected chi connectivity index (χ4v) is 2.02. The number of aryl methyl sites for hydroxylation is 2. The standard InChI is InChI=1S/C15H16O5/c1-7-5-11(19-10(4)14(16)17)13-8(2)9(3)15(18)20-12(13)6-7/h5-6,10H,1-4H3,(H,16,17)/t10-/m1/s1. The Balaban J connectivity index is 2.73. The van der Waals surface area contributed by atoms with E-state index in [1.807, 2.05) is 6.92 Å². The Morgan fingerprint density at radius 2 is 1.90 bits per heavy atom. The molecule has 2 aromatic rings. The molecule has 0 aliphatic rings. The monoisotopic (exact) mass is 276 g/mol. The first-order valence-corrected chi connectivity index (χ1v) is 6.25. The zero-order valence-corrected chi connectivity index (χ0v) is 11.8. The molecule has 2 rings (SSSR count). The van der Waals surface area contributed by atoms with Crippen molar-refractivity contribution in [2.75, 3.05) is 0 Å². The second-order valence-corrected chi connectivity index (χ2v) is 4.87. The van der Waals surface area contributed by atoms with Gasteiger partial charge < -0.3 is 14.3 Å². The van der Waals surface area contributed by atoms with Crippen molar-refractivity contribution in [2.24, 2.45) is 0 Å². The van der Waals surface area contributed by atoms with Crippen molar-refractivity contribution in [3.63, 3.8) is 0 Å². The lowest BCUT2D eigenvalue weighted by Crippen LogP contribution is -2.23. The van der Waals surface area contributed by atoms with Gasteiger partial charge in [-0.05, 0) is 51.0 Å². The van der Waals surface area contributed by atoms with Gasteiger partial charge in [-0.25, -0.2) is 9.59 Å². The number of carboxylic acids is 1. The van der Waals surface area contributed by atoms with Gasteiger partial charge in [0.15, 0.2) is 6.10 Å². The third-order valence-corrected chi connectivity index (χ3v) is 3.31. The van der Waals surface area contributed by atoms with Gasteiger partial charge >= 0.3 is 11.6 Å². The number of benzene rings is 1. The Bertz CT molecular complexity index is 742. The Kier molecular flexibility index (Phi) is 3.53. The predicted octanol–water partition coefficient (Wildman–Crippen LogP) is 2.57. The molecule has 1 heterocycles. The second-order valence-electron chi connectivity index (χ2n) is 4.87. The van der Waals surface area contributed by atoms with Crippen LogP contribution in [0.4, 0.5) is 0 Å². The van der Waals surface area contributed by atoms with Gasteiger partial charge in [0, 0.05) is 5.56 Å². The van der Waals surface area contributed by atoms with Crippen LogP contribution in [0, 0.1) is 20.8 Å². The number of rotatable bonds is 3. The van der Waals surface area contributed by atoms with E-state index in [9.17, 15) is 9.59 Å². The quantitative estimate of drug-likeness (QED) is 0.872. The maximum absolute atomic E-state index is 11.7. The summed E-state index contributed by atoms with van der Waals surface area (Å²) in [5.74, 6) is -0.634. The predicted molar refractivity (Wildman–Crippen MR) is 74.4 cm³/mol. The van der Waals surface area contributed by atoms with E-state index in [-0.39, 0.29) is 0 Å². The minimum absolute atomic E-state index is 0.391. The Morgan fingerprint density at radius 3 is 2.50 bits per heavy atom. The first-order chi connectivity index (χ1) is 9.31. The first kappa shape index (κ1) is 14.1. The summed E-state index contributed by atoms with van der Waals surface area (Å²) in [7, 11) is 0. The van der Waals surface area contributed by atoms with Crippen molar-refractivity contribution in [3.05, 3.63) is 39.2 Å². The van der Waals surface area contributed by atoms with Gasteiger partial charge in [-0.2, -0.15) is 0 Å². The fraction of sp³-hybridized carbons (Fsp3) is 0.333. The molecule has 0 saturated heterocycles. The van der Waals surface area contributed by atoms with Crippen molar-refractivity contribution >= 4 is 16.9 Å². The topological polar surface area (TPSA) is 76.7 Å². The van der Waals surface area contributed by atoms with E-state index in [1.54, 1.807) is 26.0 Å². The molecule has 0 unspecified atom stereocenters. The number of aliphatic carboxylic acids is 1. The van der Waals surface area contributed by atoms with Crippen molar-refractivity contribution in [2.45, 2.75) is 33.8 Å². The fourth-order valence-electron chi connectivity index (χ4n) is 2.02. The van der Waals surface area contributed by atoms with E-state index in [1.165, 1.54) is 6.92 Å². The van der Waals surface area contributed by atoms with Crippen molar-refractivity contribution in [3.8, 4) is 5.75 Å². The highest BCUT2D eigenvalue weighted by molar-refractivity contribution is 5.88. The zero-order valence-electron chi connectivity index (χ0n) is 11.8. The van der Waals surface area contributed by atoms with Crippen LogP contribution in [-0.4, -0.2) is 17.2 Å². The normalized spacial score (nSPS) is 12.4. The lowest BCUT2D eigenvalue weighted by atomic mass is 10.0.